The van der Waals surface area contributed by atoms with E-state index in [2.05, 4.69) is 30.3 Å². The maximum Gasteiger partial charge on any atom is 0.132 e. The van der Waals surface area contributed by atoms with E-state index < -0.39 is 0 Å². The van der Waals surface area contributed by atoms with Crippen molar-refractivity contribution < 1.29 is 0 Å². The fourth-order valence-electron chi connectivity index (χ4n) is 2.82. The van der Waals surface area contributed by atoms with Crippen molar-refractivity contribution in [1.82, 2.24) is 4.40 Å². The molecule has 4 aromatic rings. The van der Waals surface area contributed by atoms with Crippen molar-refractivity contribution >= 4 is 27.1 Å². The Labute approximate surface area is 110 Å². The average Bonchev–Trinajstić information content (AvgIpc) is 2.81. The van der Waals surface area contributed by atoms with Crippen LogP contribution in [-0.2, 0) is 0 Å². The zero-order chi connectivity index (χ0) is 12.8. The summed E-state index contributed by atoms with van der Waals surface area (Å²) in [4.78, 5) is 0. The van der Waals surface area contributed by atoms with Crippen LogP contribution in [0.4, 0.5) is 0 Å². The molecule has 2 aromatic heterocycles. The zero-order valence-corrected chi connectivity index (χ0v) is 10.2. The predicted octanol–water partition coefficient (Wildman–Crippen LogP) is 4.12. The van der Waals surface area contributed by atoms with E-state index >= 15 is 0 Å². The maximum absolute atomic E-state index is 9.42. The van der Waals surface area contributed by atoms with Gasteiger partial charge in [0, 0.05) is 22.4 Å². The first kappa shape index (κ1) is 10.2. The maximum atomic E-state index is 9.42. The monoisotopic (exact) mass is 242 g/mol. The lowest BCUT2D eigenvalue weighted by atomic mass is 10.1. The smallest absolute Gasteiger partial charge is 0.132 e. The van der Waals surface area contributed by atoms with Crippen LogP contribution in [0.5, 0.6) is 0 Å². The van der Waals surface area contributed by atoms with E-state index in [1.165, 1.54) is 10.8 Å². The minimum absolute atomic E-state index is 0.705. The van der Waals surface area contributed by atoms with Crippen LogP contribution in [-0.4, -0.2) is 4.40 Å². The summed E-state index contributed by atoms with van der Waals surface area (Å²) in [6, 6.07) is 20.7. The zero-order valence-electron chi connectivity index (χ0n) is 10.2. The van der Waals surface area contributed by atoms with E-state index in [0.717, 1.165) is 16.3 Å². The van der Waals surface area contributed by atoms with E-state index in [1.807, 2.05) is 40.9 Å². The molecule has 0 aliphatic heterocycles. The van der Waals surface area contributed by atoms with Crippen LogP contribution in [0.1, 0.15) is 5.69 Å². The lowest BCUT2D eigenvalue weighted by Gasteiger charge is -2.02. The van der Waals surface area contributed by atoms with Crippen LogP contribution in [0.2, 0.25) is 0 Å². The normalized spacial score (nSPS) is 11.1. The molecule has 19 heavy (non-hydrogen) atoms. The summed E-state index contributed by atoms with van der Waals surface area (Å²) >= 11 is 0. The highest BCUT2D eigenvalue weighted by atomic mass is 14.9. The number of hydrogen-bond acceptors (Lipinski definition) is 1. The molecule has 0 atom stereocenters. The number of pyridine rings is 1. The summed E-state index contributed by atoms with van der Waals surface area (Å²) in [6.45, 7) is 0. The van der Waals surface area contributed by atoms with Crippen molar-refractivity contribution in [3.05, 3.63) is 66.5 Å². The minimum atomic E-state index is 0.705. The molecule has 2 nitrogen and oxygen atoms in total. The molecule has 0 saturated carbocycles. The van der Waals surface area contributed by atoms with E-state index in [0.29, 0.717) is 5.69 Å². The number of nitrogens with zero attached hydrogens (tertiary/aromatic N) is 2. The molecule has 0 unspecified atom stereocenters. The largest absolute Gasteiger partial charge is 0.307 e. The third-order valence-electron chi connectivity index (χ3n) is 3.64. The molecule has 0 aliphatic carbocycles. The number of rotatable bonds is 0. The van der Waals surface area contributed by atoms with Crippen LogP contribution in [0.3, 0.4) is 0 Å². The summed E-state index contributed by atoms with van der Waals surface area (Å²) in [5, 5.41) is 14.0. The molecule has 88 valence electrons. The van der Waals surface area contributed by atoms with Crippen LogP contribution in [0.25, 0.3) is 27.1 Å². The standard InChI is InChI=1S/C17H10N2/c18-11-16-14-7-3-4-8-15(14)17-13-6-2-1-5-12(13)9-10-19(16)17/h1-10H. The molecule has 0 bridgehead atoms. The summed E-state index contributed by atoms with van der Waals surface area (Å²) in [6.07, 6.45) is 1.98. The van der Waals surface area contributed by atoms with Gasteiger partial charge in [0.1, 0.15) is 11.8 Å². The van der Waals surface area contributed by atoms with Gasteiger partial charge in [-0.05, 0) is 11.5 Å². The molecule has 0 spiro atoms. The van der Waals surface area contributed by atoms with Gasteiger partial charge in [0.2, 0.25) is 0 Å². The molecule has 0 fully saturated rings. The molecule has 0 aliphatic rings. The second-order valence-electron chi connectivity index (χ2n) is 4.63. The molecule has 2 heteroatoms. The number of aromatic nitrogens is 1. The topological polar surface area (TPSA) is 28.2 Å². The van der Waals surface area contributed by atoms with Crippen LogP contribution in [0, 0.1) is 11.3 Å². The van der Waals surface area contributed by atoms with Crippen molar-refractivity contribution in [1.29, 1.82) is 5.26 Å². The van der Waals surface area contributed by atoms with Gasteiger partial charge in [0.15, 0.2) is 0 Å². The Morgan fingerprint density at radius 3 is 2.26 bits per heavy atom. The van der Waals surface area contributed by atoms with E-state index in [4.69, 9.17) is 0 Å². The van der Waals surface area contributed by atoms with Gasteiger partial charge in [-0.3, -0.25) is 0 Å². The third-order valence-corrected chi connectivity index (χ3v) is 3.64. The highest BCUT2D eigenvalue weighted by molar-refractivity contribution is 6.12. The number of nitriles is 1. The first-order valence-corrected chi connectivity index (χ1v) is 6.21. The van der Waals surface area contributed by atoms with Gasteiger partial charge < -0.3 is 4.40 Å². The summed E-state index contributed by atoms with van der Waals surface area (Å²) in [5.74, 6) is 0. The summed E-state index contributed by atoms with van der Waals surface area (Å²) in [7, 11) is 0. The second-order valence-corrected chi connectivity index (χ2v) is 4.63. The van der Waals surface area contributed by atoms with Crippen molar-refractivity contribution in [2.75, 3.05) is 0 Å². The second kappa shape index (κ2) is 3.60. The highest BCUT2D eigenvalue weighted by Crippen LogP contribution is 2.31. The molecule has 0 radical (unpaired) electrons. The summed E-state index contributed by atoms with van der Waals surface area (Å²) < 4.78 is 1.99. The van der Waals surface area contributed by atoms with Crippen molar-refractivity contribution in [2.24, 2.45) is 0 Å². The lowest BCUT2D eigenvalue weighted by Crippen LogP contribution is -1.88. The van der Waals surface area contributed by atoms with Crippen LogP contribution >= 0.6 is 0 Å². The highest BCUT2D eigenvalue weighted by Gasteiger charge is 2.12. The van der Waals surface area contributed by atoms with Gasteiger partial charge in [0.25, 0.3) is 0 Å². The van der Waals surface area contributed by atoms with Crippen molar-refractivity contribution in [3.8, 4) is 6.07 Å². The number of hydrogen-bond donors (Lipinski definition) is 0. The Bertz CT molecular complexity index is 971. The van der Waals surface area contributed by atoms with Crippen molar-refractivity contribution in [2.45, 2.75) is 0 Å². The number of benzene rings is 2. The van der Waals surface area contributed by atoms with Gasteiger partial charge in [-0.15, -0.1) is 0 Å². The van der Waals surface area contributed by atoms with Gasteiger partial charge in [0.05, 0.1) is 5.52 Å². The predicted molar refractivity (Wildman–Crippen MR) is 77.1 cm³/mol. The van der Waals surface area contributed by atoms with Crippen LogP contribution < -0.4 is 0 Å². The van der Waals surface area contributed by atoms with E-state index in [-0.39, 0.29) is 0 Å². The van der Waals surface area contributed by atoms with Crippen molar-refractivity contribution in [3.63, 3.8) is 0 Å². The first-order chi connectivity index (χ1) is 9.40. The Hall–Kier alpha value is -2.79. The average molecular weight is 242 g/mol. The van der Waals surface area contributed by atoms with Gasteiger partial charge >= 0.3 is 0 Å². The molecule has 0 amide bonds. The molecular weight excluding hydrogens is 232 g/mol. The Balaban J connectivity index is 2.42. The van der Waals surface area contributed by atoms with Gasteiger partial charge in [-0.2, -0.15) is 5.26 Å². The molecule has 0 N–H and O–H groups in total. The Kier molecular flexibility index (Phi) is 1.93. The quantitative estimate of drug-likeness (QED) is 0.456. The summed E-state index contributed by atoms with van der Waals surface area (Å²) in [5.41, 5.74) is 1.82. The van der Waals surface area contributed by atoms with Crippen LogP contribution in [0.15, 0.2) is 60.8 Å². The van der Waals surface area contributed by atoms with E-state index in [9.17, 15) is 5.26 Å². The molecule has 2 aromatic carbocycles. The molecule has 4 rings (SSSR count). The molecule has 0 saturated heterocycles. The van der Waals surface area contributed by atoms with Gasteiger partial charge in [-0.25, -0.2) is 0 Å². The number of fused-ring (bicyclic) bond motifs is 5. The van der Waals surface area contributed by atoms with E-state index in [1.54, 1.807) is 0 Å². The first-order valence-electron chi connectivity index (χ1n) is 6.21. The Morgan fingerprint density at radius 1 is 0.789 bits per heavy atom. The third kappa shape index (κ3) is 1.24. The lowest BCUT2D eigenvalue weighted by molar-refractivity contribution is 1.18. The molecular formula is C17H10N2. The molecule has 2 heterocycles. The Morgan fingerprint density at radius 2 is 1.47 bits per heavy atom. The fourth-order valence-corrected chi connectivity index (χ4v) is 2.82. The minimum Gasteiger partial charge on any atom is -0.307 e. The SMILES string of the molecule is N#Cc1c2ccccc2c2c3ccccc3ccn12. The van der Waals surface area contributed by atoms with Gasteiger partial charge in [-0.1, -0.05) is 48.5 Å². The fraction of sp³-hybridized carbons (Fsp3) is 0.